The fourth-order valence-electron chi connectivity index (χ4n) is 2.40. The Kier molecular flexibility index (Phi) is 4.77. The Bertz CT molecular complexity index is 659. The van der Waals surface area contributed by atoms with Crippen LogP contribution in [0.15, 0.2) is 0 Å². The molecule has 0 unspecified atom stereocenters. The molecule has 0 radical (unpaired) electrons. The van der Waals surface area contributed by atoms with Crippen molar-refractivity contribution in [1.82, 2.24) is 15.1 Å². The van der Waals surface area contributed by atoms with Gasteiger partial charge in [0, 0.05) is 18.5 Å². The minimum Gasteiger partial charge on any atom is -0.397 e. The van der Waals surface area contributed by atoms with Gasteiger partial charge in [-0.05, 0) is 32.3 Å². The zero-order valence-corrected chi connectivity index (χ0v) is 13.9. The monoisotopic (exact) mass is 306 g/mol. The Morgan fingerprint density at radius 1 is 1.19 bits per heavy atom. The molecule has 2 aromatic rings. The lowest BCUT2D eigenvalue weighted by Crippen LogP contribution is -2.32. The van der Waals surface area contributed by atoms with Gasteiger partial charge in [0.1, 0.15) is 9.71 Å². The van der Waals surface area contributed by atoms with Crippen molar-refractivity contribution in [2.45, 2.75) is 40.5 Å². The van der Waals surface area contributed by atoms with E-state index in [1.807, 2.05) is 18.7 Å². The number of hydrogen-bond donors (Lipinski definition) is 1. The number of fused-ring (bicyclic) bond motifs is 1. The van der Waals surface area contributed by atoms with Crippen molar-refractivity contribution in [3.63, 3.8) is 0 Å². The summed E-state index contributed by atoms with van der Waals surface area (Å²) in [6.07, 6.45) is 1.88. The predicted octanol–water partition coefficient (Wildman–Crippen LogP) is 3.15. The summed E-state index contributed by atoms with van der Waals surface area (Å²) in [5, 5.41) is 9.17. The molecule has 0 bridgehead atoms. The highest BCUT2D eigenvalue weighted by Crippen LogP contribution is 2.35. The van der Waals surface area contributed by atoms with Gasteiger partial charge in [-0.25, -0.2) is 0 Å². The first kappa shape index (κ1) is 15.7. The highest BCUT2D eigenvalue weighted by atomic mass is 32.1. The quantitative estimate of drug-likeness (QED) is 0.921. The summed E-state index contributed by atoms with van der Waals surface area (Å²) in [4.78, 5) is 15.9. The van der Waals surface area contributed by atoms with Gasteiger partial charge in [0.05, 0.1) is 11.4 Å². The molecule has 0 fully saturated rings. The summed E-state index contributed by atoms with van der Waals surface area (Å²) in [6.45, 7) is 9.53. The second kappa shape index (κ2) is 6.39. The summed E-state index contributed by atoms with van der Waals surface area (Å²) >= 11 is 1.35. The number of carbonyl (C=O) groups excluding carboxylic acids is 1. The minimum atomic E-state index is 0.0104. The molecule has 0 saturated heterocycles. The number of carbonyl (C=O) groups is 1. The van der Waals surface area contributed by atoms with E-state index in [0.717, 1.165) is 47.4 Å². The molecule has 0 spiro atoms. The molecule has 2 N–H and O–H groups in total. The number of nitrogens with zero attached hydrogens (tertiary/aromatic N) is 3. The van der Waals surface area contributed by atoms with E-state index in [1.165, 1.54) is 11.3 Å². The molecule has 0 aliphatic rings. The summed E-state index contributed by atoms with van der Waals surface area (Å²) < 4.78 is 0. The first-order valence-corrected chi connectivity index (χ1v) is 8.14. The number of rotatable bonds is 5. The Labute approximate surface area is 129 Å². The van der Waals surface area contributed by atoms with E-state index in [2.05, 4.69) is 24.0 Å². The van der Waals surface area contributed by atoms with E-state index in [0.29, 0.717) is 10.6 Å². The molecule has 0 aliphatic carbocycles. The third-order valence-corrected chi connectivity index (χ3v) is 4.68. The van der Waals surface area contributed by atoms with Crippen LogP contribution in [0.25, 0.3) is 10.2 Å². The molecule has 2 rings (SSSR count). The second-order valence-corrected chi connectivity index (χ2v) is 6.23. The SMILES string of the molecule is CCCN(CCC)C(=O)c1sc2nnc(C)c(C)c2c1N. The lowest BCUT2D eigenvalue weighted by atomic mass is 10.1. The van der Waals surface area contributed by atoms with Gasteiger partial charge in [0.15, 0.2) is 0 Å². The average molecular weight is 306 g/mol. The highest BCUT2D eigenvalue weighted by Gasteiger charge is 2.23. The van der Waals surface area contributed by atoms with E-state index < -0.39 is 0 Å². The fraction of sp³-hybridized carbons (Fsp3) is 0.533. The third-order valence-electron chi connectivity index (χ3n) is 3.60. The summed E-state index contributed by atoms with van der Waals surface area (Å²) in [6, 6.07) is 0. The zero-order valence-electron chi connectivity index (χ0n) is 13.1. The maximum Gasteiger partial charge on any atom is 0.266 e. The number of aryl methyl sites for hydroxylation is 2. The van der Waals surface area contributed by atoms with Crippen molar-refractivity contribution in [3.8, 4) is 0 Å². The second-order valence-electron chi connectivity index (χ2n) is 5.23. The molecule has 6 heteroatoms. The lowest BCUT2D eigenvalue weighted by molar-refractivity contribution is 0.0761. The van der Waals surface area contributed by atoms with E-state index in [9.17, 15) is 4.79 Å². The van der Waals surface area contributed by atoms with Crippen LogP contribution in [0.3, 0.4) is 0 Å². The normalized spacial score (nSPS) is 11.0. The first-order valence-electron chi connectivity index (χ1n) is 7.32. The van der Waals surface area contributed by atoms with Crippen LogP contribution in [-0.4, -0.2) is 34.1 Å². The molecule has 2 aromatic heterocycles. The zero-order chi connectivity index (χ0) is 15.6. The van der Waals surface area contributed by atoms with Crippen LogP contribution in [0.4, 0.5) is 5.69 Å². The van der Waals surface area contributed by atoms with Crippen LogP contribution in [0.1, 0.15) is 47.6 Å². The van der Waals surface area contributed by atoms with Gasteiger partial charge in [0.25, 0.3) is 5.91 Å². The van der Waals surface area contributed by atoms with E-state index in [1.54, 1.807) is 0 Å². The molecule has 114 valence electrons. The molecule has 0 atom stereocenters. The van der Waals surface area contributed by atoms with Gasteiger partial charge >= 0.3 is 0 Å². The number of amides is 1. The Balaban J connectivity index is 2.49. The molecule has 0 saturated carbocycles. The van der Waals surface area contributed by atoms with Crippen molar-refractivity contribution < 1.29 is 4.79 Å². The average Bonchev–Trinajstić information content (AvgIpc) is 2.80. The minimum absolute atomic E-state index is 0.0104. The van der Waals surface area contributed by atoms with Crippen molar-refractivity contribution in [2.75, 3.05) is 18.8 Å². The maximum atomic E-state index is 12.7. The summed E-state index contributed by atoms with van der Waals surface area (Å²) in [7, 11) is 0. The Morgan fingerprint density at radius 3 is 2.38 bits per heavy atom. The smallest absolute Gasteiger partial charge is 0.266 e. The number of hydrogen-bond acceptors (Lipinski definition) is 5. The highest BCUT2D eigenvalue weighted by molar-refractivity contribution is 7.21. The molecule has 2 heterocycles. The van der Waals surface area contributed by atoms with Crippen LogP contribution >= 0.6 is 11.3 Å². The van der Waals surface area contributed by atoms with Crippen LogP contribution in [0, 0.1) is 13.8 Å². The predicted molar refractivity (Wildman–Crippen MR) is 87.8 cm³/mol. The number of anilines is 1. The van der Waals surface area contributed by atoms with Gasteiger partial charge in [-0.1, -0.05) is 13.8 Å². The lowest BCUT2D eigenvalue weighted by Gasteiger charge is -2.20. The molecule has 5 nitrogen and oxygen atoms in total. The van der Waals surface area contributed by atoms with E-state index in [4.69, 9.17) is 5.73 Å². The van der Waals surface area contributed by atoms with Crippen LogP contribution < -0.4 is 5.73 Å². The summed E-state index contributed by atoms with van der Waals surface area (Å²) in [5.74, 6) is 0.0104. The number of thiophene rings is 1. The number of aromatic nitrogens is 2. The topological polar surface area (TPSA) is 72.1 Å². The van der Waals surface area contributed by atoms with Crippen LogP contribution in [-0.2, 0) is 0 Å². The number of nitrogens with two attached hydrogens (primary N) is 1. The first-order chi connectivity index (χ1) is 10.0. The third kappa shape index (κ3) is 2.85. The van der Waals surface area contributed by atoms with Crippen molar-refractivity contribution in [1.29, 1.82) is 0 Å². The van der Waals surface area contributed by atoms with Crippen molar-refractivity contribution >= 4 is 33.1 Å². The van der Waals surface area contributed by atoms with E-state index in [-0.39, 0.29) is 5.91 Å². The maximum absolute atomic E-state index is 12.7. The molecule has 21 heavy (non-hydrogen) atoms. The van der Waals surface area contributed by atoms with Crippen molar-refractivity contribution in [3.05, 3.63) is 16.1 Å². The van der Waals surface area contributed by atoms with Gasteiger partial charge in [-0.15, -0.1) is 16.4 Å². The molecular formula is C15H22N4OS. The van der Waals surface area contributed by atoms with Crippen LogP contribution in [0.2, 0.25) is 0 Å². The summed E-state index contributed by atoms with van der Waals surface area (Å²) in [5.41, 5.74) is 8.64. The van der Waals surface area contributed by atoms with Crippen LogP contribution in [0.5, 0.6) is 0 Å². The Hall–Kier alpha value is -1.69. The van der Waals surface area contributed by atoms with Gasteiger partial charge in [0.2, 0.25) is 0 Å². The molecular weight excluding hydrogens is 284 g/mol. The van der Waals surface area contributed by atoms with Gasteiger partial charge < -0.3 is 10.6 Å². The standard InChI is InChI=1S/C15H22N4OS/c1-5-7-19(8-6-2)15(20)13-12(16)11-9(3)10(4)17-18-14(11)21-13/h5-8,16H2,1-4H3. The molecule has 0 aliphatic heterocycles. The molecule has 0 aromatic carbocycles. The number of nitrogen functional groups attached to an aromatic ring is 1. The van der Waals surface area contributed by atoms with Gasteiger partial charge in [-0.2, -0.15) is 5.10 Å². The van der Waals surface area contributed by atoms with Crippen molar-refractivity contribution in [2.24, 2.45) is 0 Å². The molecule has 1 amide bonds. The fourth-order valence-corrected chi connectivity index (χ4v) is 3.47. The van der Waals surface area contributed by atoms with E-state index >= 15 is 0 Å². The Morgan fingerprint density at radius 2 is 1.81 bits per heavy atom. The largest absolute Gasteiger partial charge is 0.397 e. The van der Waals surface area contributed by atoms with Gasteiger partial charge in [-0.3, -0.25) is 4.79 Å².